The van der Waals surface area contributed by atoms with Crippen LogP contribution in [0.2, 0.25) is 0 Å². The molecule has 0 atom stereocenters. The van der Waals surface area contributed by atoms with E-state index in [2.05, 4.69) is 34.5 Å². The van der Waals surface area contributed by atoms with Crippen molar-refractivity contribution in [2.24, 2.45) is 0 Å². The zero-order chi connectivity index (χ0) is 19.1. The number of ether oxygens (including phenoxy) is 2. The topological polar surface area (TPSA) is 63.2 Å². The smallest absolute Gasteiger partial charge is 0.119 e. The summed E-state index contributed by atoms with van der Waals surface area (Å²) in [5.74, 6) is 2.46. The van der Waals surface area contributed by atoms with Crippen LogP contribution in [0.1, 0.15) is 22.8 Å². The van der Waals surface area contributed by atoms with Gasteiger partial charge in [0.1, 0.15) is 17.3 Å². The van der Waals surface area contributed by atoms with Gasteiger partial charge in [-0.1, -0.05) is 0 Å². The first-order valence-corrected chi connectivity index (χ1v) is 9.12. The SMILES string of the molecule is COc1ccc2[nH]cc(C(c3ccco3)c3c[nH]c4ccc(OC)cc34)c2c1. The third-order valence-corrected chi connectivity index (χ3v) is 5.29. The Morgan fingerprint density at radius 2 is 1.36 bits per heavy atom. The van der Waals surface area contributed by atoms with Crippen molar-refractivity contribution in [2.45, 2.75) is 5.92 Å². The van der Waals surface area contributed by atoms with Crippen molar-refractivity contribution < 1.29 is 13.9 Å². The Kier molecular flexibility index (Phi) is 3.86. The highest BCUT2D eigenvalue weighted by atomic mass is 16.5. The van der Waals surface area contributed by atoms with Crippen molar-refractivity contribution in [1.82, 2.24) is 9.97 Å². The Labute approximate surface area is 161 Å². The van der Waals surface area contributed by atoms with Crippen LogP contribution < -0.4 is 9.47 Å². The highest BCUT2D eigenvalue weighted by Gasteiger charge is 2.25. The van der Waals surface area contributed by atoms with Crippen molar-refractivity contribution in [2.75, 3.05) is 14.2 Å². The van der Waals surface area contributed by atoms with Crippen LogP contribution in [0.3, 0.4) is 0 Å². The van der Waals surface area contributed by atoms with Gasteiger partial charge in [0.2, 0.25) is 0 Å². The number of aromatic nitrogens is 2. The summed E-state index contributed by atoms with van der Waals surface area (Å²) >= 11 is 0. The molecule has 140 valence electrons. The minimum Gasteiger partial charge on any atom is -0.497 e. The van der Waals surface area contributed by atoms with Crippen LogP contribution in [0.5, 0.6) is 11.5 Å². The molecule has 5 heteroatoms. The van der Waals surface area contributed by atoms with Gasteiger partial charge in [0.15, 0.2) is 0 Å². The molecule has 0 aliphatic rings. The first-order valence-electron chi connectivity index (χ1n) is 9.12. The van der Waals surface area contributed by atoms with Crippen LogP contribution in [0.25, 0.3) is 21.8 Å². The molecule has 0 fully saturated rings. The van der Waals surface area contributed by atoms with Crippen LogP contribution in [0, 0.1) is 0 Å². The predicted octanol–water partition coefficient (Wildman–Crippen LogP) is 5.44. The first kappa shape index (κ1) is 16.6. The summed E-state index contributed by atoms with van der Waals surface area (Å²) in [6.07, 6.45) is 5.82. The monoisotopic (exact) mass is 372 g/mol. The van der Waals surface area contributed by atoms with Crippen molar-refractivity contribution >= 4 is 21.8 Å². The zero-order valence-corrected chi connectivity index (χ0v) is 15.7. The second kappa shape index (κ2) is 6.53. The molecule has 0 aliphatic heterocycles. The summed E-state index contributed by atoms with van der Waals surface area (Å²) in [6.45, 7) is 0. The van der Waals surface area contributed by atoms with E-state index >= 15 is 0 Å². The Bertz CT molecular complexity index is 1170. The molecule has 0 aliphatic carbocycles. The molecule has 5 rings (SSSR count). The van der Waals surface area contributed by atoms with E-state index in [1.54, 1.807) is 20.5 Å². The Morgan fingerprint density at radius 3 is 1.82 bits per heavy atom. The Morgan fingerprint density at radius 1 is 0.786 bits per heavy atom. The van der Waals surface area contributed by atoms with Gasteiger partial charge in [0, 0.05) is 34.2 Å². The first-order chi connectivity index (χ1) is 13.8. The van der Waals surface area contributed by atoms with Crippen molar-refractivity contribution in [3.05, 3.63) is 84.1 Å². The van der Waals surface area contributed by atoms with Gasteiger partial charge in [-0.2, -0.15) is 0 Å². The van der Waals surface area contributed by atoms with Gasteiger partial charge in [0.05, 0.1) is 26.4 Å². The third-order valence-electron chi connectivity index (χ3n) is 5.29. The minimum absolute atomic E-state index is 0.0725. The number of furan rings is 1. The van der Waals surface area contributed by atoms with Crippen molar-refractivity contribution in [3.63, 3.8) is 0 Å². The number of rotatable bonds is 5. The van der Waals surface area contributed by atoms with Crippen LogP contribution in [0.4, 0.5) is 0 Å². The highest BCUT2D eigenvalue weighted by Crippen LogP contribution is 2.40. The number of benzene rings is 2. The molecule has 28 heavy (non-hydrogen) atoms. The summed E-state index contributed by atoms with van der Waals surface area (Å²) in [7, 11) is 3.37. The van der Waals surface area contributed by atoms with E-state index < -0.39 is 0 Å². The summed E-state index contributed by atoms with van der Waals surface area (Å²) in [6, 6.07) is 16.1. The van der Waals surface area contributed by atoms with Gasteiger partial charge < -0.3 is 23.9 Å². The largest absolute Gasteiger partial charge is 0.497 e. The number of methoxy groups -OCH3 is 2. The van der Waals surface area contributed by atoms with Gasteiger partial charge in [-0.3, -0.25) is 0 Å². The van der Waals surface area contributed by atoms with Crippen LogP contribution in [0.15, 0.2) is 71.6 Å². The van der Waals surface area contributed by atoms with E-state index in [0.29, 0.717) is 0 Å². The summed E-state index contributed by atoms with van der Waals surface area (Å²) in [5.41, 5.74) is 4.38. The normalized spacial score (nSPS) is 11.5. The standard InChI is InChI=1S/C23H20N2O3/c1-26-14-5-7-20-16(10-14)18(12-24-20)23(22-4-3-9-28-22)19-13-25-21-8-6-15(27-2)11-17(19)21/h3-13,23-25H,1-2H3. The summed E-state index contributed by atoms with van der Waals surface area (Å²) < 4.78 is 16.8. The van der Waals surface area contributed by atoms with Crippen molar-refractivity contribution in [1.29, 1.82) is 0 Å². The molecule has 5 aromatic rings. The lowest BCUT2D eigenvalue weighted by molar-refractivity contribution is 0.415. The fraction of sp³-hybridized carbons (Fsp3) is 0.130. The fourth-order valence-electron chi connectivity index (χ4n) is 3.90. The van der Waals surface area contributed by atoms with Crippen LogP contribution in [-0.2, 0) is 0 Å². The zero-order valence-electron chi connectivity index (χ0n) is 15.7. The van der Waals surface area contributed by atoms with Crippen LogP contribution in [-0.4, -0.2) is 24.2 Å². The van der Waals surface area contributed by atoms with E-state index in [1.165, 1.54) is 0 Å². The number of hydrogen-bond acceptors (Lipinski definition) is 3. The quantitative estimate of drug-likeness (QED) is 0.432. The molecule has 3 heterocycles. The maximum Gasteiger partial charge on any atom is 0.119 e. The maximum atomic E-state index is 5.86. The lowest BCUT2D eigenvalue weighted by Gasteiger charge is -2.15. The lowest BCUT2D eigenvalue weighted by Crippen LogP contribution is -2.01. The van der Waals surface area contributed by atoms with E-state index in [9.17, 15) is 0 Å². The van der Waals surface area contributed by atoms with E-state index in [-0.39, 0.29) is 5.92 Å². The molecular weight excluding hydrogens is 352 g/mol. The number of H-pyrrole nitrogens is 2. The van der Waals surface area contributed by atoms with Crippen molar-refractivity contribution in [3.8, 4) is 11.5 Å². The number of fused-ring (bicyclic) bond motifs is 2. The highest BCUT2D eigenvalue weighted by molar-refractivity contribution is 5.90. The van der Waals surface area contributed by atoms with E-state index in [4.69, 9.17) is 13.9 Å². The molecule has 5 nitrogen and oxygen atoms in total. The summed E-state index contributed by atoms with van der Waals surface area (Å²) in [5, 5.41) is 2.22. The van der Waals surface area contributed by atoms with Crippen LogP contribution >= 0.6 is 0 Å². The van der Waals surface area contributed by atoms with Gasteiger partial charge in [-0.25, -0.2) is 0 Å². The molecule has 0 saturated carbocycles. The molecule has 2 aromatic carbocycles. The molecule has 0 spiro atoms. The van der Waals surface area contributed by atoms with Gasteiger partial charge in [-0.15, -0.1) is 0 Å². The Hall–Kier alpha value is -3.60. The minimum atomic E-state index is -0.0725. The average Bonchev–Trinajstić information content (AvgIpc) is 3.49. The predicted molar refractivity (Wildman–Crippen MR) is 109 cm³/mol. The third kappa shape index (κ3) is 2.55. The molecule has 0 radical (unpaired) electrons. The number of hydrogen-bond donors (Lipinski definition) is 2. The molecule has 0 amide bonds. The van der Waals surface area contributed by atoms with Gasteiger partial charge >= 0.3 is 0 Å². The second-order valence-corrected chi connectivity index (χ2v) is 6.76. The summed E-state index contributed by atoms with van der Waals surface area (Å²) in [4.78, 5) is 6.76. The van der Waals surface area contributed by atoms with Gasteiger partial charge in [0.25, 0.3) is 0 Å². The lowest BCUT2D eigenvalue weighted by atomic mass is 9.88. The number of aromatic amines is 2. The molecule has 2 N–H and O–H groups in total. The van der Waals surface area contributed by atoms with E-state index in [1.807, 2.05) is 36.4 Å². The molecule has 0 unspecified atom stereocenters. The maximum absolute atomic E-state index is 5.86. The average molecular weight is 372 g/mol. The molecular formula is C23H20N2O3. The molecule has 3 aromatic heterocycles. The molecule has 0 bridgehead atoms. The fourth-order valence-corrected chi connectivity index (χ4v) is 3.90. The van der Waals surface area contributed by atoms with E-state index in [0.717, 1.165) is 50.2 Å². The van der Waals surface area contributed by atoms with Gasteiger partial charge in [-0.05, 0) is 59.7 Å². The second-order valence-electron chi connectivity index (χ2n) is 6.76. The molecule has 0 saturated heterocycles. The number of nitrogens with one attached hydrogen (secondary N) is 2. The Balaban J connectivity index is 1.77.